The SMILES string of the molecule is Cn1ncc2c(=O)[nH]c(C=Cc3cnc(N4CCOCC4)s3)nc21. The van der Waals surface area contributed by atoms with Crippen LogP contribution in [0.25, 0.3) is 23.2 Å². The minimum Gasteiger partial charge on any atom is -0.378 e. The van der Waals surface area contributed by atoms with E-state index in [-0.39, 0.29) is 5.56 Å². The standard InChI is InChI=1S/C15H16N6O2S/c1-20-13-11(9-17-20)14(22)19-12(18-13)3-2-10-8-16-15(24-10)21-4-6-23-7-5-21/h2-3,8-9H,4-7H2,1H3,(H,18,19,22). The molecule has 0 spiro atoms. The second-order valence-electron chi connectivity index (χ2n) is 5.43. The van der Waals surface area contributed by atoms with Gasteiger partial charge in [0.2, 0.25) is 0 Å². The van der Waals surface area contributed by atoms with Crippen LogP contribution in [-0.2, 0) is 11.8 Å². The van der Waals surface area contributed by atoms with Crippen LogP contribution in [0.4, 0.5) is 5.13 Å². The number of aromatic amines is 1. The average molecular weight is 344 g/mol. The molecule has 3 aromatic heterocycles. The number of thiazole rings is 1. The van der Waals surface area contributed by atoms with E-state index < -0.39 is 0 Å². The third-order valence-corrected chi connectivity index (χ3v) is 4.84. The van der Waals surface area contributed by atoms with Gasteiger partial charge in [-0.05, 0) is 12.2 Å². The summed E-state index contributed by atoms with van der Waals surface area (Å²) >= 11 is 1.61. The molecule has 4 rings (SSSR count). The lowest BCUT2D eigenvalue weighted by atomic mass is 10.4. The lowest BCUT2D eigenvalue weighted by molar-refractivity contribution is 0.122. The monoisotopic (exact) mass is 344 g/mol. The number of hydrogen-bond donors (Lipinski definition) is 1. The normalized spacial score (nSPS) is 15.6. The fourth-order valence-corrected chi connectivity index (χ4v) is 3.41. The molecule has 0 aromatic carbocycles. The summed E-state index contributed by atoms with van der Waals surface area (Å²) in [6.07, 6.45) is 7.03. The largest absolute Gasteiger partial charge is 0.378 e. The van der Waals surface area contributed by atoms with Crippen molar-refractivity contribution >= 4 is 39.7 Å². The minimum atomic E-state index is -0.189. The maximum absolute atomic E-state index is 12.0. The first-order chi connectivity index (χ1) is 11.7. The molecule has 0 saturated carbocycles. The van der Waals surface area contributed by atoms with Crippen LogP contribution in [0.15, 0.2) is 17.2 Å². The third kappa shape index (κ3) is 2.83. The van der Waals surface area contributed by atoms with E-state index in [4.69, 9.17) is 4.74 Å². The van der Waals surface area contributed by atoms with Gasteiger partial charge in [0, 0.05) is 31.2 Å². The number of H-pyrrole nitrogens is 1. The number of hydrogen-bond acceptors (Lipinski definition) is 7. The van der Waals surface area contributed by atoms with Crippen LogP contribution in [0, 0.1) is 0 Å². The average Bonchev–Trinajstić information content (AvgIpc) is 3.22. The maximum atomic E-state index is 12.0. The molecule has 1 N–H and O–H groups in total. The van der Waals surface area contributed by atoms with E-state index in [1.54, 1.807) is 29.1 Å². The number of fused-ring (bicyclic) bond motifs is 1. The maximum Gasteiger partial charge on any atom is 0.262 e. The second-order valence-corrected chi connectivity index (χ2v) is 6.48. The van der Waals surface area contributed by atoms with E-state index in [2.05, 4.69) is 25.0 Å². The number of morpholine rings is 1. The van der Waals surface area contributed by atoms with Gasteiger partial charge in [0.05, 0.1) is 19.4 Å². The Morgan fingerprint density at radius 1 is 1.29 bits per heavy atom. The fourth-order valence-electron chi connectivity index (χ4n) is 2.54. The summed E-state index contributed by atoms with van der Waals surface area (Å²) in [5.74, 6) is 0.498. The Morgan fingerprint density at radius 3 is 2.96 bits per heavy atom. The van der Waals surface area contributed by atoms with Gasteiger partial charge in [-0.2, -0.15) is 5.10 Å². The number of ether oxygens (including phenoxy) is 1. The van der Waals surface area contributed by atoms with E-state index in [0.29, 0.717) is 16.9 Å². The summed E-state index contributed by atoms with van der Waals surface area (Å²) in [6, 6.07) is 0. The van der Waals surface area contributed by atoms with Crippen molar-refractivity contribution in [1.29, 1.82) is 0 Å². The molecule has 1 aliphatic rings. The summed E-state index contributed by atoms with van der Waals surface area (Å²) in [6.45, 7) is 3.20. The van der Waals surface area contributed by atoms with E-state index in [1.165, 1.54) is 6.20 Å². The Labute approximate surface area is 141 Å². The Bertz CT molecular complexity index is 950. The van der Waals surface area contributed by atoms with Crippen molar-refractivity contribution in [2.24, 2.45) is 7.05 Å². The zero-order valence-electron chi connectivity index (χ0n) is 13.1. The van der Waals surface area contributed by atoms with Crippen LogP contribution in [0.3, 0.4) is 0 Å². The Hall–Kier alpha value is -2.52. The van der Waals surface area contributed by atoms with E-state index in [1.807, 2.05) is 12.3 Å². The highest BCUT2D eigenvalue weighted by Crippen LogP contribution is 2.24. The number of aromatic nitrogens is 5. The topological polar surface area (TPSA) is 88.9 Å². The number of rotatable bonds is 3. The third-order valence-electron chi connectivity index (χ3n) is 3.82. The van der Waals surface area contributed by atoms with Crippen molar-refractivity contribution in [1.82, 2.24) is 24.7 Å². The Morgan fingerprint density at radius 2 is 2.12 bits per heavy atom. The second kappa shape index (κ2) is 6.17. The van der Waals surface area contributed by atoms with Crippen molar-refractivity contribution in [2.45, 2.75) is 0 Å². The predicted molar refractivity (Wildman–Crippen MR) is 93.2 cm³/mol. The van der Waals surface area contributed by atoms with Crippen molar-refractivity contribution < 1.29 is 4.74 Å². The van der Waals surface area contributed by atoms with E-state index in [0.717, 1.165) is 36.3 Å². The van der Waals surface area contributed by atoms with E-state index in [9.17, 15) is 4.79 Å². The molecule has 0 aliphatic carbocycles. The lowest BCUT2D eigenvalue weighted by Crippen LogP contribution is -2.36. The first-order valence-electron chi connectivity index (χ1n) is 7.59. The molecule has 1 fully saturated rings. The van der Waals surface area contributed by atoms with Crippen LogP contribution >= 0.6 is 11.3 Å². The van der Waals surface area contributed by atoms with E-state index >= 15 is 0 Å². The molecule has 0 radical (unpaired) electrons. The summed E-state index contributed by atoms with van der Waals surface area (Å²) in [4.78, 5) is 26.9. The van der Waals surface area contributed by atoms with Crippen LogP contribution in [0.1, 0.15) is 10.7 Å². The van der Waals surface area contributed by atoms with Crippen LogP contribution in [0.2, 0.25) is 0 Å². The molecular formula is C15H16N6O2S. The molecule has 1 aliphatic heterocycles. The van der Waals surface area contributed by atoms with Crippen molar-refractivity contribution in [3.05, 3.63) is 33.4 Å². The molecule has 24 heavy (non-hydrogen) atoms. The highest BCUT2D eigenvalue weighted by atomic mass is 32.1. The molecular weight excluding hydrogens is 328 g/mol. The Kier molecular flexibility index (Phi) is 3.87. The van der Waals surface area contributed by atoms with Crippen LogP contribution in [0.5, 0.6) is 0 Å². The smallest absolute Gasteiger partial charge is 0.262 e. The number of nitrogens with zero attached hydrogens (tertiary/aromatic N) is 5. The molecule has 0 atom stereocenters. The molecule has 0 bridgehead atoms. The van der Waals surface area contributed by atoms with Crippen molar-refractivity contribution in [3.8, 4) is 0 Å². The van der Waals surface area contributed by atoms with Gasteiger partial charge in [0.15, 0.2) is 10.8 Å². The number of nitrogens with one attached hydrogen (secondary N) is 1. The van der Waals surface area contributed by atoms with Gasteiger partial charge in [0.25, 0.3) is 5.56 Å². The molecule has 0 unspecified atom stereocenters. The highest BCUT2D eigenvalue weighted by molar-refractivity contribution is 7.16. The lowest BCUT2D eigenvalue weighted by Gasteiger charge is -2.25. The van der Waals surface area contributed by atoms with Gasteiger partial charge >= 0.3 is 0 Å². The summed E-state index contributed by atoms with van der Waals surface area (Å²) < 4.78 is 6.94. The van der Waals surface area contributed by atoms with Crippen molar-refractivity contribution in [3.63, 3.8) is 0 Å². The van der Waals surface area contributed by atoms with Gasteiger partial charge in [0.1, 0.15) is 11.2 Å². The van der Waals surface area contributed by atoms with Gasteiger partial charge in [-0.3, -0.25) is 9.48 Å². The van der Waals surface area contributed by atoms with Crippen LogP contribution < -0.4 is 10.5 Å². The zero-order chi connectivity index (χ0) is 16.5. The molecule has 0 amide bonds. The first kappa shape index (κ1) is 15.0. The summed E-state index contributed by atoms with van der Waals surface area (Å²) in [5, 5.41) is 5.53. The Balaban J connectivity index is 1.58. The van der Waals surface area contributed by atoms with Gasteiger partial charge < -0.3 is 14.6 Å². The van der Waals surface area contributed by atoms with Crippen molar-refractivity contribution in [2.75, 3.05) is 31.2 Å². The predicted octanol–water partition coefficient (Wildman–Crippen LogP) is 1.12. The zero-order valence-corrected chi connectivity index (χ0v) is 13.9. The number of aryl methyl sites for hydroxylation is 1. The fraction of sp³-hybridized carbons (Fsp3) is 0.333. The van der Waals surface area contributed by atoms with Gasteiger partial charge in [-0.25, -0.2) is 9.97 Å². The molecule has 1 saturated heterocycles. The summed E-state index contributed by atoms with van der Waals surface area (Å²) in [7, 11) is 1.76. The molecule has 3 aromatic rings. The summed E-state index contributed by atoms with van der Waals surface area (Å²) in [5.41, 5.74) is 0.378. The molecule has 4 heterocycles. The van der Waals surface area contributed by atoms with Gasteiger partial charge in [-0.1, -0.05) is 11.3 Å². The quantitative estimate of drug-likeness (QED) is 0.766. The molecule has 9 heteroatoms. The first-order valence-corrected chi connectivity index (χ1v) is 8.41. The number of anilines is 1. The van der Waals surface area contributed by atoms with Crippen LogP contribution in [-0.4, -0.2) is 51.0 Å². The molecule has 124 valence electrons. The molecule has 8 nitrogen and oxygen atoms in total. The highest BCUT2D eigenvalue weighted by Gasteiger charge is 2.14. The minimum absolute atomic E-state index is 0.189. The van der Waals surface area contributed by atoms with Gasteiger partial charge in [-0.15, -0.1) is 0 Å².